The van der Waals surface area contributed by atoms with Crippen molar-refractivity contribution in [1.82, 2.24) is 29.4 Å². The maximum atomic E-state index is 13.5. The molecule has 1 unspecified atom stereocenters. The molecule has 1 fully saturated rings. The minimum atomic E-state index is -1.11. The molecule has 4 heterocycles. The Bertz CT molecular complexity index is 1940. The number of aromatic nitrogens is 5. The summed E-state index contributed by atoms with van der Waals surface area (Å²) in [5.74, 6) is 0.268. The molecule has 1 amide bonds. The van der Waals surface area contributed by atoms with Crippen molar-refractivity contribution < 1.29 is 25.2 Å². The van der Waals surface area contributed by atoms with Gasteiger partial charge < -0.3 is 19.1 Å². The number of benzene rings is 1. The number of hydrogen-bond donors (Lipinski definition) is 0. The van der Waals surface area contributed by atoms with Crippen molar-refractivity contribution in [2.24, 2.45) is 0 Å². The van der Waals surface area contributed by atoms with Crippen LogP contribution in [0.2, 0.25) is 0 Å². The Morgan fingerprint density at radius 2 is 1.72 bits per heavy atom. The Morgan fingerprint density at radius 1 is 1.02 bits per heavy atom. The molecule has 2 aliphatic rings. The highest BCUT2D eigenvalue weighted by atomic mass is 16.6. The number of methoxy groups -OCH3 is 1. The van der Waals surface area contributed by atoms with E-state index in [0.717, 1.165) is 29.5 Å². The van der Waals surface area contributed by atoms with Crippen LogP contribution in [0.3, 0.4) is 0 Å². The number of likely N-dealkylation sites (tertiary alicyclic amines) is 1. The van der Waals surface area contributed by atoms with E-state index in [1.807, 2.05) is 39.0 Å². The lowest BCUT2D eigenvalue weighted by molar-refractivity contribution is 0.0184. The lowest BCUT2D eigenvalue weighted by atomic mass is 9.97. The van der Waals surface area contributed by atoms with Crippen LogP contribution < -0.4 is 4.74 Å². The quantitative estimate of drug-likeness (QED) is 0.234. The van der Waals surface area contributed by atoms with Gasteiger partial charge in [0.05, 0.1) is 32.7 Å². The van der Waals surface area contributed by atoms with Gasteiger partial charge in [0.1, 0.15) is 39.4 Å². The van der Waals surface area contributed by atoms with Crippen molar-refractivity contribution >= 4 is 23.2 Å². The highest BCUT2D eigenvalue weighted by Gasteiger charge is 2.31. The van der Waals surface area contributed by atoms with Gasteiger partial charge in [0.15, 0.2) is 0 Å². The van der Waals surface area contributed by atoms with E-state index in [2.05, 4.69) is 11.2 Å². The van der Waals surface area contributed by atoms with Gasteiger partial charge in [0, 0.05) is 36.5 Å². The highest BCUT2D eigenvalue weighted by Crippen LogP contribution is 2.42. The number of hydrogen-bond acceptors (Lipinski definition) is 9. The maximum absolute atomic E-state index is 13.5. The molecular weight excluding hydrogens is 598 g/mol. The molecule has 0 bridgehead atoms. The Balaban J connectivity index is 1.42. The minimum Gasteiger partial charge on any atom is -0.494 e. The molecule has 47 heavy (non-hydrogen) atoms. The van der Waals surface area contributed by atoms with Gasteiger partial charge in [-0.2, -0.15) is 20.1 Å². The Labute approximate surface area is 275 Å². The fourth-order valence-electron chi connectivity index (χ4n) is 6.14. The number of nitrogens with zero attached hydrogens (tertiary/aromatic N) is 7. The van der Waals surface area contributed by atoms with Gasteiger partial charge in [0.25, 0.3) is 0 Å². The summed E-state index contributed by atoms with van der Waals surface area (Å²) in [5.41, 5.74) is 3.88. The third-order valence-corrected chi connectivity index (χ3v) is 8.26. The standard InChI is InChI=1S/C35H41N7O5/c1-34(2,3)46-32(43)40-15-13-23(14-16-40)41-20-22(19-37-41)29-31-27(42(39-29)33(44)47-35(4,5)6)17-28(45-7)30(38-31)26-10-8-9-24-21(18-36)11-12-25(24)26/h8-10,17,19-21,23H,11-16H2,1-7H3/i23D. The van der Waals surface area contributed by atoms with Crippen LogP contribution in [0, 0.1) is 11.3 Å². The second-order valence-corrected chi connectivity index (χ2v) is 13.9. The first-order valence-electron chi connectivity index (χ1n) is 16.4. The molecule has 0 radical (unpaired) electrons. The maximum Gasteiger partial charge on any atom is 0.435 e. The molecule has 1 aliphatic heterocycles. The zero-order valence-electron chi connectivity index (χ0n) is 29.0. The van der Waals surface area contributed by atoms with Gasteiger partial charge in [0.2, 0.25) is 0 Å². The summed E-state index contributed by atoms with van der Waals surface area (Å²) in [7, 11) is 1.55. The topological polar surface area (TPSA) is 137 Å². The number of carbonyl (C=O) groups excluding carboxylic acids is 2. The van der Waals surface area contributed by atoms with Crippen LogP contribution in [-0.4, -0.2) is 73.0 Å². The molecule has 1 saturated heterocycles. The molecule has 1 aromatic carbocycles. The van der Waals surface area contributed by atoms with Crippen LogP contribution >= 0.6 is 0 Å². The minimum absolute atomic E-state index is 0.181. The van der Waals surface area contributed by atoms with Gasteiger partial charge in [-0.1, -0.05) is 18.2 Å². The fraction of sp³-hybridized carbons (Fsp3) is 0.486. The van der Waals surface area contributed by atoms with Gasteiger partial charge in [-0.25, -0.2) is 14.6 Å². The van der Waals surface area contributed by atoms with Gasteiger partial charge in [-0.3, -0.25) is 4.68 Å². The molecule has 3 aromatic heterocycles. The van der Waals surface area contributed by atoms with Crippen LogP contribution in [0.5, 0.6) is 5.75 Å². The molecule has 12 nitrogen and oxygen atoms in total. The number of nitriles is 1. The van der Waals surface area contributed by atoms with Crippen LogP contribution in [0.15, 0.2) is 36.7 Å². The summed E-state index contributed by atoms with van der Waals surface area (Å²) in [6.45, 7) is 11.5. The van der Waals surface area contributed by atoms with E-state index in [4.69, 9.17) is 24.3 Å². The first-order valence-corrected chi connectivity index (χ1v) is 15.9. The second kappa shape index (κ2) is 12.0. The number of piperidine rings is 1. The van der Waals surface area contributed by atoms with E-state index < -0.39 is 29.4 Å². The van der Waals surface area contributed by atoms with Gasteiger partial charge in [-0.05, 0) is 78.4 Å². The molecule has 1 aliphatic carbocycles. The summed E-state index contributed by atoms with van der Waals surface area (Å²) in [4.78, 5) is 32.8. The fourth-order valence-corrected chi connectivity index (χ4v) is 6.14. The van der Waals surface area contributed by atoms with Crippen LogP contribution in [0.1, 0.15) is 85.2 Å². The normalized spacial score (nSPS) is 18.0. The molecule has 0 spiro atoms. The molecule has 12 heteroatoms. The van der Waals surface area contributed by atoms with E-state index in [1.54, 1.807) is 55.9 Å². The molecule has 4 aromatic rings. The monoisotopic (exact) mass is 640 g/mol. The Kier molecular flexibility index (Phi) is 7.86. The smallest absolute Gasteiger partial charge is 0.435 e. The molecule has 246 valence electrons. The van der Waals surface area contributed by atoms with Crippen LogP contribution in [-0.2, 0) is 15.9 Å². The van der Waals surface area contributed by atoms with E-state index in [9.17, 15) is 16.2 Å². The lowest BCUT2D eigenvalue weighted by Gasteiger charge is -2.33. The number of pyridine rings is 1. The predicted octanol–water partition coefficient (Wildman–Crippen LogP) is 6.88. The molecule has 0 N–H and O–H groups in total. The van der Waals surface area contributed by atoms with Crippen molar-refractivity contribution in [3.8, 4) is 34.3 Å². The van der Waals surface area contributed by atoms with E-state index in [-0.39, 0.29) is 5.92 Å². The van der Waals surface area contributed by atoms with Crippen molar-refractivity contribution in [1.29, 1.82) is 5.26 Å². The zero-order valence-corrected chi connectivity index (χ0v) is 28.0. The second-order valence-electron chi connectivity index (χ2n) is 13.9. The first kappa shape index (κ1) is 30.7. The van der Waals surface area contributed by atoms with Crippen molar-refractivity contribution in [2.75, 3.05) is 20.2 Å². The van der Waals surface area contributed by atoms with Crippen molar-refractivity contribution in [2.45, 2.75) is 90.4 Å². The number of amides is 1. The van der Waals surface area contributed by atoms with Crippen molar-refractivity contribution in [3.05, 3.63) is 47.8 Å². The first-order chi connectivity index (χ1) is 22.6. The predicted molar refractivity (Wildman–Crippen MR) is 175 cm³/mol. The molecule has 0 saturated carbocycles. The van der Waals surface area contributed by atoms with E-state index >= 15 is 0 Å². The summed E-state index contributed by atoms with van der Waals surface area (Å²) in [6.07, 6.45) is 4.45. The average molecular weight is 641 g/mol. The number of ether oxygens (including phenoxy) is 3. The third-order valence-electron chi connectivity index (χ3n) is 8.26. The van der Waals surface area contributed by atoms with Crippen LogP contribution in [0.25, 0.3) is 33.5 Å². The number of fused-ring (bicyclic) bond motifs is 2. The Morgan fingerprint density at radius 3 is 2.38 bits per heavy atom. The zero-order chi connectivity index (χ0) is 34.6. The highest BCUT2D eigenvalue weighted by molar-refractivity contribution is 5.97. The van der Waals surface area contributed by atoms with Gasteiger partial charge in [-0.15, -0.1) is 0 Å². The summed E-state index contributed by atoms with van der Waals surface area (Å²) in [5, 5.41) is 19.0. The molecule has 6 rings (SSSR count). The number of rotatable bonds is 4. The summed E-state index contributed by atoms with van der Waals surface area (Å²) >= 11 is 0. The summed E-state index contributed by atoms with van der Waals surface area (Å²) in [6, 6.07) is 8.91. The molecule has 1 atom stereocenters. The Hall–Kier alpha value is -4.92. The third kappa shape index (κ3) is 6.39. The van der Waals surface area contributed by atoms with E-state index in [1.165, 1.54) is 4.68 Å². The number of carbonyl (C=O) groups is 2. The molecular formula is C35H41N7O5. The lowest BCUT2D eigenvalue weighted by Crippen LogP contribution is -2.42. The van der Waals surface area contributed by atoms with Crippen molar-refractivity contribution in [3.63, 3.8) is 0 Å². The SMILES string of the molecule is [2H]C1(n2cc(-c3nn(C(=O)OC(C)(C)C)c4cc(OC)c(-c5cccc6c5CCC6C#N)nc34)cn2)CCN(C(=O)OC(C)(C)C)CC1. The van der Waals surface area contributed by atoms with Crippen LogP contribution in [0.4, 0.5) is 9.59 Å². The van der Waals surface area contributed by atoms with Gasteiger partial charge >= 0.3 is 12.2 Å². The summed E-state index contributed by atoms with van der Waals surface area (Å²) < 4.78 is 29.1. The van der Waals surface area contributed by atoms with E-state index in [0.29, 0.717) is 59.7 Å². The largest absolute Gasteiger partial charge is 0.494 e. The average Bonchev–Trinajstić information content (AvgIpc) is 3.76.